The summed E-state index contributed by atoms with van der Waals surface area (Å²) in [5.41, 5.74) is 6.32. The Bertz CT molecular complexity index is 1270. The van der Waals surface area contributed by atoms with Crippen molar-refractivity contribution in [3.05, 3.63) is 76.5 Å². The zero-order chi connectivity index (χ0) is 23.5. The molecular weight excluding hydrogens is 408 g/mol. The third-order valence-electron chi connectivity index (χ3n) is 6.82. The van der Waals surface area contributed by atoms with Crippen LogP contribution >= 0.6 is 0 Å². The van der Waals surface area contributed by atoms with Gasteiger partial charge in [-0.25, -0.2) is 4.68 Å². The average Bonchev–Trinajstić information content (AvgIpc) is 3.15. The van der Waals surface area contributed by atoms with Gasteiger partial charge in [-0.15, -0.1) is 5.10 Å². The summed E-state index contributed by atoms with van der Waals surface area (Å²) in [6.07, 6.45) is 1.36. The molecule has 3 aromatic rings. The van der Waals surface area contributed by atoms with Gasteiger partial charge in [0.2, 0.25) is 5.95 Å². The second kappa shape index (κ2) is 7.41. The van der Waals surface area contributed by atoms with Crippen LogP contribution in [0.4, 0.5) is 5.95 Å². The topological polar surface area (TPSA) is 59.8 Å². The monoisotopic (exact) mass is 440 g/mol. The molecule has 0 bridgehead atoms. The van der Waals surface area contributed by atoms with Crippen molar-refractivity contribution >= 4 is 11.7 Å². The van der Waals surface area contributed by atoms with Gasteiger partial charge >= 0.3 is 0 Å². The third kappa shape index (κ3) is 3.79. The van der Waals surface area contributed by atoms with Crippen LogP contribution in [0, 0.1) is 12.3 Å². The molecule has 0 saturated heterocycles. The Hall–Kier alpha value is -3.21. The molecule has 1 atom stereocenters. The molecule has 1 aliphatic heterocycles. The zero-order valence-corrected chi connectivity index (χ0v) is 20.4. The SMILES string of the molecule is Cc1ccccc1C1C2=C(CC(C)(C)CC2=O)Nc2nc(-c3ccc(C(C)(C)C)cc3)nn21. The van der Waals surface area contributed by atoms with E-state index in [2.05, 4.69) is 83.3 Å². The Kier molecular flexibility index (Phi) is 4.85. The maximum atomic E-state index is 13.4. The van der Waals surface area contributed by atoms with Crippen LogP contribution in [0.25, 0.3) is 11.4 Å². The first kappa shape index (κ1) is 21.6. The van der Waals surface area contributed by atoms with E-state index in [9.17, 15) is 4.79 Å². The summed E-state index contributed by atoms with van der Waals surface area (Å²) in [6, 6.07) is 16.5. The van der Waals surface area contributed by atoms with Gasteiger partial charge in [0.1, 0.15) is 6.04 Å². The second-order valence-electron chi connectivity index (χ2n) is 11.2. The number of carbonyl (C=O) groups is 1. The van der Waals surface area contributed by atoms with Crippen LogP contribution in [-0.4, -0.2) is 20.5 Å². The van der Waals surface area contributed by atoms with Crippen molar-refractivity contribution in [3.8, 4) is 11.4 Å². The number of nitrogens with one attached hydrogen (secondary N) is 1. The van der Waals surface area contributed by atoms with Gasteiger partial charge in [-0.2, -0.15) is 4.98 Å². The number of allylic oxidation sites excluding steroid dienone is 2. The van der Waals surface area contributed by atoms with Crippen LogP contribution in [0.5, 0.6) is 0 Å². The molecule has 1 unspecified atom stereocenters. The summed E-state index contributed by atoms with van der Waals surface area (Å²) >= 11 is 0. The van der Waals surface area contributed by atoms with E-state index in [4.69, 9.17) is 10.1 Å². The van der Waals surface area contributed by atoms with Crippen LogP contribution in [0.1, 0.15) is 70.2 Å². The molecule has 170 valence electrons. The average molecular weight is 441 g/mol. The number of fused-ring (bicyclic) bond motifs is 1. The quantitative estimate of drug-likeness (QED) is 0.515. The van der Waals surface area contributed by atoms with E-state index >= 15 is 0 Å². The van der Waals surface area contributed by atoms with E-state index in [0.717, 1.165) is 34.4 Å². The number of Topliss-reactive ketones (excluding diaryl/α,β-unsaturated/α-hetero) is 1. The van der Waals surface area contributed by atoms with Crippen molar-refractivity contribution in [2.24, 2.45) is 5.41 Å². The third-order valence-corrected chi connectivity index (χ3v) is 6.82. The maximum absolute atomic E-state index is 13.4. The lowest BCUT2D eigenvalue weighted by molar-refractivity contribution is -0.118. The minimum atomic E-state index is -0.267. The maximum Gasteiger partial charge on any atom is 0.226 e. The van der Waals surface area contributed by atoms with Crippen molar-refractivity contribution in [2.45, 2.75) is 65.8 Å². The first-order valence-corrected chi connectivity index (χ1v) is 11.7. The number of aromatic nitrogens is 3. The first-order valence-electron chi connectivity index (χ1n) is 11.7. The van der Waals surface area contributed by atoms with Gasteiger partial charge in [-0.1, -0.05) is 83.1 Å². The molecule has 5 rings (SSSR count). The highest BCUT2D eigenvalue weighted by atomic mass is 16.1. The van der Waals surface area contributed by atoms with Crippen molar-refractivity contribution < 1.29 is 4.79 Å². The van der Waals surface area contributed by atoms with Crippen LogP contribution in [-0.2, 0) is 10.2 Å². The number of ketones is 1. The van der Waals surface area contributed by atoms with E-state index < -0.39 is 0 Å². The molecule has 0 radical (unpaired) electrons. The number of aryl methyl sites for hydroxylation is 1. The van der Waals surface area contributed by atoms with Gasteiger partial charge in [0.05, 0.1) is 0 Å². The normalized spacial score (nSPS) is 19.7. The lowest BCUT2D eigenvalue weighted by Gasteiger charge is -2.38. The van der Waals surface area contributed by atoms with Crippen molar-refractivity contribution in [3.63, 3.8) is 0 Å². The Balaban J connectivity index is 1.64. The Morgan fingerprint density at radius 3 is 2.39 bits per heavy atom. The molecule has 5 nitrogen and oxygen atoms in total. The number of benzene rings is 2. The molecule has 2 aliphatic rings. The van der Waals surface area contributed by atoms with Gasteiger partial charge in [0.25, 0.3) is 0 Å². The summed E-state index contributed by atoms with van der Waals surface area (Å²) in [5.74, 6) is 1.56. The Labute approximate surface area is 195 Å². The predicted molar refractivity (Wildman–Crippen MR) is 132 cm³/mol. The van der Waals surface area contributed by atoms with Gasteiger partial charge in [0, 0.05) is 23.3 Å². The van der Waals surface area contributed by atoms with E-state index in [1.54, 1.807) is 0 Å². The molecule has 1 N–H and O–H groups in total. The van der Waals surface area contributed by atoms with Crippen molar-refractivity contribution in [2.75, 3.05) is 5.32 Å². The van der Waals surface area contributed by atoms with Crippen LogP contribution < -0.4 is 5.32 Å². The lowest BCUT2D eigenvalue weighted by Crippen LogP contribution is -2.36. The lowest BCUT2D eigenvalue weighted by atomic mass is 9.73. The van der Waals surface area contributed by atoms with Gasteiger partial charge in [-0.3, -0.25) is 4.79 Å². The number of anilines is 1. The second-order valence-corrected chi connectivity index (χ2v) is 11.2. The standard InChI is InChI=1S/C28H32N4O/c1-17-9-7-8-10-20(17)24-23-21(15-28(5,6)16-22(23)33)29-26-30-25(31-32(24)26)18-11-13-19(14-12-18)27(2,3)4/h7-14,24H,15-16H2,1-6H3,(H,29,30,31). The smallest absolute Gasteiger partial charge is 0.226 e. The minimum absolute atomic E-state index is 0.0764. The van der Waals surface area contributed by atoms with E-state index in [1.165, 1.54) is 5.56 Å². The molecule has 5 heteroatoms. The largest absolute Gasteiger partial charge is 0.328 e. The van der Waals surface area contributed by atoms with Crippen LogP contribution in [0.3, 0.4) is 0 Å². The van der Waals surface area contributed by atoms with Crippen LogP contribution in [0.2, 0.25) is 0 Å². The number of nitrogens with zero attached hydrogens (tertiary/aromatic N) is 3. The van der Waals surface area contributed by atoms with Gasteiger partial charge in [0.15, 0.2) is 11.6 Å². The van der Waals surface area contributed by atoms with E-state index in [0.29, 0.717) is 18.2 Å². The van der Waals surface area contributed by atoms with E-state index in [-0.39, 0.29) is 22.7 Å². The molecule has 2 heterocycles. The summed E-state index contributed by atoms with van der Waals surface area (Å²) in [5, 5.41) is 8.41. The van der Waals surface area contributed by atoms with E-state index in [1.807, 2.05) is 16.8 Å². The highest BCUT2D eigenvalue weighted by Crippen LogP contribution is 2.46. The molecule has 1 aliphatic carbocycles. The summed E-state index contributed by atoms with van der Waals surface area (Å²) in [6.45, 7) is 13.0. The fraction of sp³-hybridized carbons (Fsp3) is 0.393. The highest BCUT2D eigenvalue weighted by molar-refractivity contribution is 6.00. The molecule has 0 amide bonds. The number of carbonyl (C=O) groups excluding carboxylic acids is 1. The van der Waals surface area contributed by atoms with Crippen molar-refractivity contribution in [1.82, 2.24) is 14.8 Å². The molecule has 2 aromatic carbocycles. The molecular formula is C28H32N4O. The first-order chi connectivity index (χ1) is 15.5. The fourth-order valence-electron chi connectivity index (χ4n) is 5.03. The van der Waals surface area contributed by atoms with Gasteiger partial charge < -0.3 is 5.32 Å². The highest BCUT2D eigenvalue weighted by Gasteiger charge is 2.42. The number of rotatable bonds is 2. The summed E-state index contributed by atoms with van der Waals surface area (Å²) < 4.78 is 1.91. The number of hydrogen-bond donors (Lipinski definition) is 1. The minimum Gasteiger partial charge on any atom is -0.328 e. The number of hydrogen-bond acceptors (Lipinski definition) is 4. The van der Waals surface area contributed by atoms with Crippen LogP contribution in [0.15, 0.2) is 59.8 Å². The predicted octanol–water partition coefficient (Wildman–Crippen LogP) is 6.21. The zero-order valence-electron chi connectivity index (χ0n) is 20.4. The Morgan fingerprint density at radius 1 is 1.03 bits per heavy atom. The summed E-state index contributed by atoms with van der Waals surface area (Å²) in [4.78, 5) is 18.3. The summed E-state index contributed by atoms with van der Waals surface area (Å²) in [7, 11) is 0. The molecule has 33 heavy (non-hydrogen) atoms. The molecule has 0 spiro atoms. The molecule has 0 saturated carbocycles. The van der Waals surface area contributed by atoms with Gasteiger partial charge in [-0.05, 0) is 40.9 Å². The Morgan fingerprint density at radius 2 is 1.73 bits per heavy atom. The molecule has 1 aromatic heterocycles. The fourth-order valence-corrected chi connectivity index (χ4v) is 5.03. The molecule has 0 fully saturated rings. The van der Waals surface area contributed by atoms with Crippen molar-refractivity contribution in [1.29, 1.82) is 0 Å².